The molecule has 1 aliphatic rings. The lowest BCUT2D eigenvalue weighted by Crippen LogP contribution is -2.36. The molecule has 13 heteroatoms. The molecule has 1 N–H and O–H groups in total. The molecule has 0 aliphatic carbocycles. The summed E-state index contributed by atoms with van der Waals surface area (Å²) in [6, 6.07) is 0.419. The maximum atomic E-state index is 12.3. The fourth-order valence-electron chi connectivity index (χ4n) is 4.52. The molecule has 40 heavy (non-hydrogen) atoms. The van der Waals surface area contributed by atoms with Gasteiger partial charge >= 0.3 is 0 Å². The SMILES string of the molecule is CC[C@H]1O[C@@H](n2cnc3c(=O)[nH]c(C)nc32)CC1OP(OCCOCCSC(=O)C(C)(C)C)N(C(C)C)C(C)C. The second-order valence-corrected chi connectivity index (χ2v) is 14.0. The van der Waals surface area contributed by atoms with Gasteiger partial charge in [0.2, 0.25) is 0 Å². The average molecular weight is 600 g/mol. The summed E-state index contributed by atoms with van der Waals surface area (Å²) in [4.78, 5) is 35.9. The van der Waals surface area contributed by atoms with Crippen LogP contribution < -0.4 is 5.56 Å². The van der Waals surface area contributed by atoms with Crippen LogP contribution in [-0.2, 0) is 23.3 Å². The van der Waals surface area contributed by atoms with Crippen molar-refractivity contribution in [3.05, 3.63) is 22.5 Å². The highest BCUT2D eigenvalue weighted by molar-refractivity contribution is 8.13. The van der Waals surface area contributed by atoms with Crippen molar-refractivity contribution in [3.8, 4) is 0 Å². The van der Waals surface area contributed by atoms with Gasteiger partial charge in [-0.2, -0.15) is 0 Å². The van der Waals surface area contributed by atoms with E-state index in [1.54, 1.807) is 13.3 Å². The maximum Gasteiger partial charge on any atom is 0.279 e. The summed E-state index contributed by atoms with van der Waals surface area (Å²) in [7, 11) is -1.40. The summed E-state index contributed by atoms with van der Waals surface area (Å²) in [6.45, 7) is 19.4. The number of H-pyrrole nitrogens is 1. The Morgan fingerprint density at radius 1 is 1.25 bits per heavy atom. The van der Waals surface area contributed by atoms with E-state index in [0.29, 0.717) is 49.0 Å². The molecular formula is C27H46N5O6PS. The van der Waals surface area contributed by atoms with Gasteiger partial charge in [0.05, 0.1) is 38.4 Å². The van der Waals surface area contributed by atoms with Crippen LogP contribution in [0.4, 0.5) is 0 Å². The number of aromatic nitrogens is 4. The molecule has 0 radical (unpaired) electrons. The van der Waals surface area contributed by atoms with Crippen LogP contribution >= 0.6 is 20.3 Å². The normalized spacial score (nSPS) is 20.9. The first kappa shape index (κ1) is 33.1. The van der Waals surface area contributed by atoms with Crippen molar-refractivity contribution in [1.29, 1.82) is 0 Å². The summed E-state index contributed by atoms with van der Waals surface area (Å²) < 4.78 is 29.3. The number of carbonyl (C=O) groups excluding carboxylic acids is 1. The minimum atomic E-state index is -1.40. The molecule has 0 saturated carbocycles. The number of hydrogen-bond donors (Lipinski definition) is 1. The quantitative estimate of drug-likeness (QED) is 0.229. The Morgan fingerprint density at radius 3 is 2.58 bits per heavy atom. The van der Waals surface area contributed by atoms with Crippen LogP contribution in [0.2, 0.25) is 0 Å². The third-order valence-electron chi connectivity index (χ3n) is 6.42. The molecule has 0 aromatic carbocycles. The highest BCUT2D eigenvalue weighted by atomic mass is 32.2. The summed E-state index contributed by atoms with van der Waals surface area (Å²) >= 11 is 1.31. The molecule has 0 spiro atoms. The molecule has 1 fully saturated rings. The van der Waals surface area contributed by atoms with Gasteiger partial charge in [-0.1, -0.05) is 39.5 Å². The summed E-state index contributed by atoms with van der Waals surface area (Å²) in [5.41, 5.74) is 0.187. The molecule has 226 valence electrons. The van der Waals surface area contributed by atoms with E-state index in [1.165, 1.54) is 11.8 Å². The lowest BCUT2D eigenvalue weighted by molar-refractivity contribution is -0.117. The Labute approximate surface area is 243 Å². The summed E-state index contributed by atoms with van der Waals surface area (Å²) in [5, 5.41) is 0.165. The Kier molecular flexibility index (Phi) is 12.1. The molecular weight excluding hydrogens is 553 g/mol. The Morgan fingerprint density at radius 2 is 1.95 bits per heavy atom. The fourth-order valence-corrected chi connectivity index (χ4v) is 7.08. The third kappa shape index (κ3) is 8.56. The summed E-state index contributed by atoms with van der Waals surface area (Å²) in [6.07, 6.45) is 2.26. The average Bonchev–Trinajstić information content (AvgIpc) is 3.45. The first-order chi connectivity index (χ1) is 18.8. The molecule has 2 aromatic rings. The summed E-state index contributed by atoms with van der Waals surface area (Å²) in [5.74, 6) is 1.15. The van der Waals surface area contributed by atoms with Gasteiger partial charge in [0, 0.05) is 29.7 Å². The van der Waals surface area contributed by atoms with E-state index in [1.807, 2.05) is 25.3 Å². The van der Waals surface area contributed by atoms with Gasteiger partial charge in [0.15, 0.2) is 16.3 Å². The van der Waals surface area contributed by atoms with Gasteiger partial charge in [0.1, 0.15) is 12.1 Å². The van der Waals surface area contributed by atoms with Crippen molar-refractivity contribution in [3.63, 3.8) is 0 Å². The van der Waals surface area contributed by atoms with Crippen molar-refractivity contribution in [2.45, 2.75) is 106 Å². The predicted molar refractivity (Wildman–Crippen MR) is 159 cm³/mol. The zero-order valence-electron chi connectivity index (χ0n) is 25.3. The lowest BCUT2D eigenvalue weighted by Gasteiger charge is -2.37. The van der Waals surface area contributed by atoms with E-state index in [9.17, 15) is 9.59 Å². The van der Waals surface area contributed by atoms with Crippen molar-refractivity contribution in [1.82, 2.24) is 24.2 Å². The first-order valence-corrected chi connectivity index (χ1v) is 16.2. The van der Waals surface area contributed by atoms with Crippen molar-refractivity contribution < 1.29 is 23.3 Å². The second-order valence-electron chi connectivity index (χ2n) is 11.5. The number of rotatable bonds is 14. The zero-order chi connectivity index (χ0) is 29.6. The van der Waals surface area contributed by atoms with E-state index in [4.69, 9.17) is 18.5 Å². The number of ether oxygens (including phenoxy) is 2. The number of aromatic amines is 1. The molecule has 1 saturated heterocycles. The van der Waals surface area contributed by atoms with E-state index in [0.717, 1.165) is 6.42 Å². The van der Waals surface area contributed by atoms with E-state index < -0.39 is 8.53 Å². The van der Waals surface area contributed by atoms with Gasteiger partial charge in [-0.15, -0.1) is 0 Å². The number of thioether (sulfide) groups is 1. The molecule has 11 nitrogen and oxygen atoms in total. The van der Waals surface area contributed by atoms with Crippen molar-refractivity contribution >= 4 is 36.6 Å². The first-order valence-electron chi connectivity index (χ1n) is 14.0. The minimum absolute atomic E-state index is 0.144. The van der Waals surface area contributed by atoms with Crippen LogP contribution in [0.5, 0.6) is 0 Å². The molecule has 2 aromatic heterocycles. The Bertz CT molecular complexity index is 1160. The molecule has 2 unspecified atom stereocenters. The molecule has 0 amide bonds. The van der Waals surface area contributed by atoms with Gasteiger partial charge in [-0.25, -0.2) is 14.6 Å². The highest BCUT2D eigenvalue weighted by Crippen LogP contribution is 2.50. The smallest absolute Gasteiger partial charge is 0.279 e. The Hall–Kier alpha value is -1.40. The minimum Gasteiger partial charge on any atom is -0.378 e. The number of nitrogens with one attached hydrogen (secondary N) is 1. The van der Waals surface area contributed by atoms with E-state index in [-0.39, 0.29) is 46.6 Å². The number of imidazole rings is 1. The van der Waals surface area contributed by atoms with Crippen LogP contribution in [0.25, 0.3) is 11.2 Å². The van der Waals surface area contributed by atoms with Crippen molar-refractivity contribution in [2.24, 2.45) is 5.41 Å². The molecule has 3 heterocycles. The molecule has 3 rings (SSSR count). The van der Waals surface area contributed by atoms with Gasteiger partial charge < -0.3 is 23.5 Å². The zero-order valence-corrected chi connectivity index (χ0v) is 27.0. The molecule has 4 atom stereocenters. The topological polar surface area (TPSA) is 121 Å². The van der Waals surface area contributed by atoms with Crippen LogP contribution in [-0.4, -0.2) is 79.2 Å². The van der Waals surface area contributed by atoms with Crippen LogP contribution in [0.1, 0.15) is 80.3 Å². The van der Waals surface area contributed by atoms with Gasteiger partial charge in [0.25, 0.3) is 14.1 Å². The van der Waals surface area contributed by atoms with E-state index in [2.05, 4.69) is 54.2 Å². The van der Waals surface area contributed by atoms with Crippen LogP contribution in [0.3, 0.4) is 0 Å². The van der Waals surface area contributed by atoms with Crippen LogP contribution in [0.15, 0.2) is 11.1 Å². The van der Waals surface area contributed by atoms with Crippen molar-refractivity contribution in [2.75, 3.05) is 25.6 Å². The van der Waals surface area contributed by atoms with E-state index >= 15 is 0 Å². The largest absolute Gasteiger partial charge is 0.378 e. The number of nitrogens with zero attached hydrogens (tertiary/aromatic N) is 4. The highest BCUT2D eigenvalue weighted by Gasteiger charge is 2.41. The van der Waals surface area contributed by atoms with Crippen LogP contribution in [0, 0.1) is 12.3 Å². The standard InChI is InChI=1S/C27H46N5O6PS/c1-10-20-21(15-22(37-20)31-16-28-23-24(31)29-19(6)30-25(23)33)38-39(32(17(2)3)18(4)5)36-12-11-35-13-14-40-26(34)27(7,8)9/h16-18,20-22H,10-15H2,1-9H3,(H,29,30,33)/t20-,21?,22-,39?/m1/s1. The fraction of sp³-hybridized carbons (Fsp3) is 0.778. The number of aryl methyl sites for hydroxylation is 1. The monoisotopic (exact) mass is 599 g/mol. The second kappa shape index (κ2) is 14.7. The molecule has 1 aliphatic heterocycles. The third-order valence-corrected chi connectivity index (χ3v) is 9.82. The van der Waals surface area contributed by atoms with Gasteiger partial charge in [-0.3, -0.25) is 14.2 Å². The Balaban J connectivity index is 1.64. The number of carbonyl (C=O) groups is 1. The molecule has 0 bridgehead atoms. The number of hydrogen-bond acceptors (Lipinski definition) is 10. The predicted octanol–water partition coefficient (Wildman–Crippen LogP) is 5.20. The van der Waals surface area contributed by atoms with Gasteiger partial charge in [-0.05, 0) is 41.0 Å². The maximum absolute atomic E-state index is 12.3. The lowest BCUT2D eigenvalue weighted by atomic mass is 10.00. The number of fused-ring (bicyclic) bond motifs is 1.